The van der Waals surface area contributed by atoms with Gasteiger partial charge in [-0.3, -0.25) is 4.90 Å². The minimum absolute atomic E-state index is 0.831. The van der Waals surface area contributed by atoms with Gasteiger partial charge < -0.3 is 4.42 Å². The van der Waals surface area contributed by atoms with Crippen LogP contribution >= 0.6 is 15.9 Å². The second kappa shape index (κ2) is 4.49. The van der Waals surface area contributed by atoms with E-state index in [0.29, 0.717) is 0 Å². The number of likely N-dealkylation sites (tertiary alicyclic amines) is 1. The van der Waals surface area contributed by atoms with Crippen LogP contribution in [0.4, 0.5) is 0 Å². The van der Waals surface area contributed by atoms with Crippen LogP contribution in [-0.2, 0) is 6.54 Å². The molecular formula is C11H16BrNO. The van der Waals surface area contributed by atoms with Crippen LogP contribution in [0.5, 0.6) is 0 Å². The molecule has 1 aromatic heterocycles. The van der Waals surface area contributed by atoms with Crippen molar-refractivity contribution in [2.75, 3.05) is 13.1 Å². The van der Waals surface area contributed by atoms with Gasteiger partial charge in [-0.25, -0.2) is 0 Å². The molecule has 0 spiro atoms. The van der Waals surface area contributed by atoms with Gasteiger partial charge in [0.25, 0.3) is 0 Å². The van der Waals surface area contributed by atoms with Crippen molar-refractivity contribution >= 4 is 15.9 Å². The maximum Gasteiger partial charge on any atom is 0.169 e. The third kappa shape index (κ3) is 2.61. The molecule has 0 aliphatic carbocycles. The first-order chi connectivity index (χ1) is 6.74. The quantitative estimate of drug-likeness (QED) is 0.809. The number of hydrogen-bond donors (Lipinski definition) is 0. The van der Waals surface area contributed by atoms with E-state index >= 15 is 0 Å². The number of furan rings is 1. The van der Waals surface area contributed by atoms with Gasteiger partial charge in [-0.2, -0.15) is 0 Å². The highest BCUT2D eigenvalue weighted by molar-refractivity contribution is 9.10. The smallest absolute Gasteiger partial charge is 0.169 e. The van der Waals surface area contributed by atoms with Crippen molar-refractivity contribution in [1.82, 2.24) is 4.90 Å². The van der Waals surface area contributed by atoms with Gasteiger partial charge in [-0.05, 0) is 47.3 Å². The maximum absolute atomic E-state index is 5.22. The monoisotopic (exact) mass is 257 g/mol. The van der Waals surface area contributed by atoms with Gasteiger partial charge >= 0.3 is 0 Å². The molecule has 0 saturated carbocycles. The summed E-state index contributed by atoms with van der Waals surface area (Å²) < 4.78 is 6.05. The highest BCUT2D eigenvalue weighted by atomic mass is 79.9. The minimum Gasteiger partial charge on any atom is -0.457 e. The lowest BCUT2D eigenvalue weighted by molar-refractivity contribution is 0.176. The molecule has 3 heteroatoms. The largest absolute Gasteiger partial charge is 0.457 e. The van der Waals surface area contributed by atoms with Gasteiger partial charge in [-0.1, -0.05) is 6.92 Å². The minimum atomic E-state index is 0.831. The Balaban J connectivity index is 1.90. The maximum atomic E-state index is 5.22. The van der Waals surface area contributed by atoms with E-state index in [4.69, 9.17) is 4.42 Å². The van der Waals surface area contributed by atoms with E-state index in [1.807, 2.05) is 6.26 Å². The van der Waals surface area contributed by atoms with Crippen LogP contribution in [-0.4, -0.2) is 18.0 Å². The Labute approximate surface area is 93.4 Å². The van der Waals surface area contributed by atoms with Gasteiger partial charge in [0, 0.05) is 18.7 Å². The molecule has 1 atom stereocenters. The summed E-state index contributed by atoms with van der Waals surface area (Å²) in [4.78, 5) is 2.51. The Morgan fingerprint density at radius 2 is 2.50 bits per heavy atom. The summed E-state index contributed by atoms with van der Waals surface area (Å²) in [5.41, 5.74) is 1.27. The summed E-state index contributed by atoms with van der Waals surface area (Å²) >= 11 is 3.32. The Kier molecular flexibility index (Phi) is 3.29. The Bertz CT molecular complexity index is 297. The van der Waals surface area contributed by atoms with Crippen LogP contribution in [0.3, 0.4) is 0 Å². The zero-order valence-corrected chi connectivity index (χ0v) is 10.1. The Morgan fingerprint density at radius 3 is 3.14 bits per heavy atom. The normalized spacial score (nSPS) is 24.0. The van der Waals surface area contributed by atoms with Gasteiger partial charge in [0.1, 0.15) is 0 Å². The van der Waals surface area contributed by atoms with Gasteiger partial charge in [0.2, 0.25) is 0 Å². The Hall–Kier alpha value is -0.280. The van der Waals surface area contributed by atoms with E-state index in [9.17, 15) is 0 Å². The summed E-state index contributed by atoms with van der Waals surface area (Å²) in [5.74, 6) is 0.846. The number of halogens is 1. The zero-order valence-electron chi connectivity index (χ0n) is 8.50. The van der Waals surface area contributed by atoms with Gasteiger partial charge in [0.05, 0.1) is 6.26 Å². The highest BCUT2D eigenvalue weighted by Gasteiger charge is 2.16. The number of nitrogens with zero attached hydrogens (tertiary/aromatic N) is 1. The predicted octanol–water partition coefficient (Wildman–Crippen LogP) is 3.27. The molecule has 1 fully saturated rings. The topological polar surface area (TPSA) is 16.4 Å². The fraction of sp³-hybridized carbons (Fsp3) is 0.636. The van der Waals surface area contributed by atoms with E-state index < -0.39 is 0 Å². The molecule has 78 valence electrons. The molecule has 2 heterocycles. The van der Waals surface area contributed by atoms with E-state index in [2.05, 4.69) is 33.8 Å². The SMILES string of the molecule is CC1CCCN(Cc2coc(Br)c2)C1. The fourth-order valence-electron chi connectivity index (χ4n) is 2.12. The van der Waals surface area contributed by atoms with Crippen LogP contribution in [0.15, 0.2) is 21.4 Å². The molecular weight excluding hydrogens is 242 g/mol. The first-order valence-corrected chi connectivity index (χ1v) is 5.98. The fourth-order valence-corrected chi connectivity index (χ4v) is 2.50. The van der Waals surface area contributed by atoms with Crippen LogP contribution in [0, 0.1) is 5.92 Å². The molecule has 1 saturated heterocycles. The van der Waals surface area contributed by atoms with Crippen molar-refractivity contribution in [2.24, 2.45) is 5.92 Å². The summed E-state index contributed by atoms with van der Waals surface area (Å²) in [5, 5.41) is 0. The van der Waals surface area contributed by atoms with E-state index in [1.54, 1.807) is 0 Å². The van der Waals surface area contributed by atoms with E-state index in [0.717, 1.165) is 17.1 Å². The Morgan fingerprint density at radius 1 is 1.64 bits per heavy atom. The number of rotatable bonds is 2. The third-order valence-electron chi connectivity index (χ3n) is 2.77. The molecule has 0 bridgehead atoms. The lowest BCUT2D eigenvalue weighted by Gasteiger charge is -2.30. The molecule has 0 aromatic carbocycles. The van der Waals surface area contributed by atoms with Crippen molar-refractivity contribution in [3.63, 3.8) is 0 Å². The standard InChI is InChI=1S/C11H16BrNO/c1-9-3-2-4-13(6-9)7-10-5-11(12)14-8-10/h5,8-9H,2-4,6-7H2,1H3. The summed E-state index contributed by atoms with van der Waals surface area (Å²) in [6.07, 6.45) is 4.55. The molecule has 0 radical (unpaired) electrons. The lowest BCUT2D eigenvalue weighted by Crippen LogP contribution is -2.33. The van der Waals surface area contributed by atoms with E-state index in [-0.39, 0.29) is 0 Å². The van der Waals surface area contributed by atoms with Crippen LogP contribution < -0.4 is 0 Å². The van der Waals surface area contributed by atoms with Gasteiger partial charge in [-0.15, -0.1) is 0 Å². The molecule has 1 aliphatic rings. The molecule has 1 aliphatic heterocycles. The second-order valence-electron chi connectivity index (χ2n) is 4.24. The van der Waals surface area contributed by atoms with Crippen LogP contribution in [0.25, 0.3) is 0 Å². The number of hydrogen-bond acceptors (Lipinski definition) is 2. The predicted molar refractivity (Wildman–Crippen MR) is 60.1 cm³/mol. The van der Waals surface area contributed by atoms with Gasteiger partial charge in [0.15, 0.2) is 4.67 Å². The summed E-state index contributed by atoms with van der Waals surface area (Å²) in [7, 11) is 0. The summed E-state index contributed by atoms with van der Waals surface area (Å²) in [6, 6.07) is 2.05. The zero-order chi connectivity index (χ0) is 9.97. The van der Waals surface area contributed by atoms with Crippen LogP contribution in [0.2, 0.25) is 0 Å². The molecule has 1 aromatic rings. The molecule has 1 unspecified atom stereocenters. The lowest BCUT2D eigenvalue weighted by atomic mass is 10.00. The third-order valence-corrected chi connectivity index (χ3v) is 3.18. The number of piperidine rings is 1. The van der Waals surface area contributed by atoms with Crippen molar-refractivity contribution in [3.8, 4) is 0 Å². The van der Waals surface area contributed by atoms with Crippen molar-refractivity contribution in [1.29, 1.82) is 0 Å². The molecule has 14 heavy (non-hydrogen) atoms. The molecule has 2 nitrogen and oxygen atoms in total. The van der Waals surface area contributed by atoms with Crippen molar-refractivity contribution in [2.45, 2.75) is 26.3 Å². The summed E-state index contributed by atoms with van der Waals surface area (Å²) in [6.45, 7) is 5.81. The average Bonchev–Trinajstić information content (AvgIpc) is 2.51. The molecule has 0 N–H and O–H groups in total. The first-order valence-electron chi connectivity index (χ1n) is 5.19. The average molecular weight is 258 g/mol. The van der Waals surface area contributed by atoms with Crippen molar-refractivity contribution in [3.05, 3.63) is 22.6 Å². The van der Waals surface area contributed by atoms with E-state index in [1.165, 1.54) is 31.5 Å². The van der Waals surface area contributed by atoms with Crippen molar-refractivity contribution < 1.29 is 4.42 Å². The van der Waals surface area contributed by atoms with Crippen LogP contribution in [0.1, 0.15) is 25.3 Å². The first kappa shape index (κ1) is 10.2. The highest BCUT2D eigenvalue weighted by Crippen LogP contribution is 2.20. The second-order valence-corrected chi connectivity index (χ2v) is 5.02. The molecule has 2 rings (SSSR count). The molecule has 0 amide bonds.